The van der Waals surface area contributed by atoms with Gasteiger partial charge in [0.05, 0.1) is 19.3 Å². The molecule has 0 radical (unpaired) electrons. The first kappa shape index (κ1) is 15.7. The van der Waals surface area contributed by atoms with Gasteiger partial charge in [-0.05, 0) is 20.3 Å². The minimum absolute atomic E-state index is 0.0206. The Bertz CT molecular complexity index is 185. The smallest absolute Gasteiger partial charge is 0.376 e. The standard InChI is InChI=1S/C10H20F3NO2/c1-4-8(14)9(10(11,12)13)16-6-5-15-7(2)3/h7-9H,4-6,14H2,1-3H3. The SMILES string of the molecule is CCC(N)C(OCCOC(C)C)C(F)(F)F. The maximum atomic E-state index is 12.5. The molecule has 0 saturated heterocycles. The number of alkyl halides is 3. The molecule has 0 bridgehead atoms. The minimum atomic E-state index is -4.42. The molecular weight excluding hydrogens is 223 g/mol. The highest BCUT2D eigenvalue weighted by atomic mass is 19.4. The second-order valence-electron chi connectivity index (χ2n) is 3.82. The average Bonchev–Trinajstić information content (AvgIpc) is 2.14. The van der Waals surface area contributed by atoms with Crippen molar-refractivity contribution in [2.24, 2.45) is 5.73 Å². The molecule has 0 aromatic rings. The molecule has 0 aromatic heterocycles. The van der Waals surface area contributed by atoms with Gasteiger partial charge in [0.1, 0.15) is 0 Å². The van der Waals surface area contributed by atoms with Gasteiger partial charge in [0, 0.05) is 6.04 Å². The van der Waals surface area contributed by atoms with E-state index in [1.165, 1.54) is 0 Å². The monoisotopic (exact) mass is 243 g/mol. The molecule has 16 heavy (non-hydrogen) atoms. The summed E-state index contributed by atoms with van der Waals surface area (Å²) < 4.78 is 47.3. The van der Waals surface area contributed by atoms with Crippen molar-refractivity contribution in [2.75, 3.05) is 13.2 Å². The van der Waals surface area contributed by atoms with Crippen LogP contribution in [0.1, 0.15) is 27.2 Å². The first-order valence-corrected chi connectivity index (χ1v) is 5.34. The summed E-state index contributed by atoms with van der Waals surface area (Å²) in [7, 11) is 0. The van der Waals surface area contributed by atoms with Crippen molar-refractivity contribution in [3.8, 4) is 0 Å². The lowest BCUT2D eigenvalue weighted by molar-refractivity contribution is -0.229. The summed E-state index contributed by atoms with van der Waals surface area (Å²) in [6.45, 7) is 5.24. The van der Waals surface area contributed by atoms with Gasteiger partial charge < -0.3 is 15.2 Å². The molecule has 0 aliphatic heterocycles. The van der Waals surface area contributed by atoms with Gasteiger partial charge in [0.2, 0.25) is 0 Å². The van der Waals surface area contributed by atoms with E-state index in [1.807, 2.05) is 0 Å². The molecule has 0 saturated carbocycles. The summed E-state index contributed by atoms with van der Waals surface area (Å²) in [6.07, 6.45) is -6.14. The molecule has 98 valence electrons. The van der Waals surface area contributed by atoms with Crippen LogP contribution in [0.2, 0.25) is 0 Å². The van der Waals surface area contributed by atoms with E-state index in [0.717, 1.165) is 0 Å². The third kappa shape index (κ3) is 6.30. The lowest BCUT2D eigenvalue weighted by Crippen LogP contribution is -2.47. The van der Waals surface area contributed by atoms with Gasteiger partial charge in [-0.2, -0.15) is 13.2 Å². The summed E-state index contributed by atoms with van der Waals surface area (Å²) >= 11 is 0. The van der Waals surface area contributed by atoms with Gasteiger partial charge in [-0.3, -0.25) is 0 Å². The van der Waals surface area contributed by atoms with E-state index in [0.29, 0.717) is 0 Å². The van der Waals surface area contributed by atoms with Crippen LogP contribution in [0.5, 0.6) is 0 Å². The van der Waals surface area contributed by atoms with Crippen molar-refractivity contribution < 1.29 is 22.6 Å². The molecule has 2 N–H and O–H groups in total. The molecule has 3 nitrogen and oxygen atoms in total. The molecule has 6 heteroatoms. The average molecular weight is 243 g/mol. The largest absolute Gasteiger partial charge is 0.416 e. The Morgan fingerprint density at radius 2 is 1.62 bits per heavy atom. The van der Waals surface area contributed by atoms with Crippen molar-refractivity contribution >= 4 is 0 Å². The van der Waals surface area contributed by atoms with Gasteiger partial charge >= 0.3 is 6.18 Å². The Hall–Kier alpha value is -0.330. The van der Waals surface area contributed by atoms with E-state index in [1.54, 1.807) is 20.8 Å². The number of halogens is 3. The molecule has 0 aliphatic carbocycles. The summed E-state index contributed by atoms with van der Waals surface area (Å²) in [5, 5.41) is 0. The number of ether oxygens (including phenoxy) is 2. The van der Waals surface area contributed by atoms with E-state index in [9.17, 15) is 13.2 Å². The topological polar surface area (TPSA) is 44.5 Å². The second kappa shape index (κ2) is 7.09. The number of hydrogen-bond donors (Lipinski definition) is 1. The predicted molar refractivity (Wildman–Crippen MR) is 55.1 cm³/mol. The van der Waals surface area contributed by atoms with Crippen molar-refractivity contribution in [1.29, 1.82) is 0 Å². The summed E-state index contributed by atoms with van der Waals surface area (Å²) in [4.78, 5) is 0. The van der Waals surface area contributed by atoms with Crippen LogP contribution in [0.3, 0.4) is 0 Å². The van der Waals surface area contributed by atoms with Crippen LogP contribution >= 0.6 is 0 Å². The fourth-order valence-corrected chi connectivity index (χ4v) is 1.13. The van der Waals surface area contributed by atoms with Gasteiger partial charge in [-0.25, -0.2) is 0 Å². The summed E-state index contributed by atoms with van der Waals surface area (Å²) in [5.74, 6) is 0. The number of hydrogen-bond acceptors (Lipinski definition) is 3. The van der Waals surface area contributed by atoms with E-state index in [4.69, 9.17) is 15.2 Å². The highest BCUT2D eigenvalue weighted by molar-refractivity contribution is 4.79. The van der Waals surface area contributed by atoms with E-state index in [2.05, 4.69) is 0 Å². The Morgan fingerprint density at radius 1 is 1.12 bits per heavy atom. The van der Waals surface area contributed by atoms with Gasteiger partial charge in [0.15, 0.2) is 6.10 Å². The van der Waals surface area contributed by atoms with Crippen LogP contribution in [-0.4, -0.2) is 37.6 Å². The van der Waals surface area contributed by atoms with Crippen LogP contribution in [0.15, 0.2) is 0 Å². The maximum absolute atomic E-state index is 12.5. The van der Waals surface area contributed by atoms with E-state index >= 15 is 0 Å². The van der Waals surface area contributed by atoms with Crippen LogP contribution in [-0.2, 0) is 9.47 Å². The van der Waals surface area contributed by atoms with Crippen molar-refractivity contribution in [1.82, 2.24) is 0 Å². The van der Waals surface area contributed by atoms with Crippen LogP contribution in [0, 0.1) is 0 Å². The van der Waals surface area contributed by atoms with Gasteiger partial charge in [-0.1, -0.05) is 6.92 Å². The van der Waals surface area contributed by atoms with Gasteiger partial charge in [-0.15, -0.1) is 0 Å². The second-order valence-corrected chi connectivity index (χ2v) is 3.82. The predicted octanol–water partition coefficient (Wildman–Crippen LogP) is 2.10. The normalized spacial score (nSPS) is 16.5. The number of rotatable bonds is 7. The van der Waals surface area contributed by atoms with Crippen molar-refractivity contribution in [2.45, 2.75) is 51.6 Å². The molecule has 0 fully saturated rings. The lowest BCUT2D eigenvalue weighted by atomic mass is 10.1. The Morgan fingerprint density at radius 3 is 2.00 bits per heavy atom. The van der Waals surface area contributed by atoms with Crippen LogP contribution in [0.4, 0.5) is 13.2 Å². The molecule has 0 heterocycles. The molecule has 0 rings (SSSR count). The fourth-order valence-electron chi connectivity index (χ4n) is 1.13. The summed E-state index contributed by atoms with van der Waals surface area (Å²) in [5.41, 5.74) is 5.36. The quantitative estimate of drug-likeness (QED) is 0.696. The highest BCUT2D eigenvalue weighted by Crippen LogP contribution is 2.25. The van der Waals surface area contributed by atoms with Crippen LogP contribution in [0.25, 0.3) is 0 Å². The molecule has 0 aromatic carbocycles. The molecule has 0 aliphatic rings. The molecular formula is C10H20F3NO2. The van der Waals surface area contributed by atoms with Crippen molar-refractivity contribution in [3.05, 3.63) is 0 Å². The minimum Gasteiger partial charge on any atom is -0.376 e. The van der Waals surface area contributed by atoms with Crippen molar-refractivity contribution in [3.63, 3.8) is 0 Å². The first-order valence-electron chi connectivity index (χ1n) is 5.34. The van der Waals surface area contributed by atoms with Gasteiger partial charge in [0.25, 0.3) is 0 Å². The third-order valence-corrected chi connectivity index (χ3v) is 2.01. The van der Waals surface area contributed by atoms with E-state index in [-0.39, 0.29) is 25.7 Å². The highest BCUT2D eigenvalue weighted by Gasteiger charge is 2.43. The third-order valence-electron chi connectivity index (χ3n) is 2.01. The summed E-state index contributed by atoms with van der Waals surface area (Å²) in [6, 6.07) is -1.03. The lowest BCUT2D eigenvalue weighted by Gasteiger charge is -2.25. The molecule has 2 unspecified atom stereocenters. The zero-order valence-electron chi connectivity index (χ0n) is 9.88. The maximum Gasteiger partial charge on any atom is 0.416 e. The molecule has 2 atom stereocenters. The first-order chi connectivity index (χ1) is 7.29. The zero-order chi connectivity index (χ0) is 12.8. The fraction of sp³-hybridized carbons (Fsp3) is 1.00. The Labute approximate surface area is 94.1 Å². The Kier molecular flexibility index (Phi) is 6.94. The van der Waals surface area contributed by atoms with Crippen LogP contribution < -0.4 is 5.73 Å². The molecule has 0 amide bonds. The zero-order valence-corrected chi connectivity index (χ0v) is 9.88. The van der Waals surface area contributed by atoms with E-state index < -0.39 is 18.3 Å². The molecule has 0 spiro atoms. The number of nitrogens with two attached hydrogens (primary N) is 1. The Balaban J connectivity index is 4.04.